The van der Waals surface area contributed by atoms with Crippen LogP contribution in [0.4, 0.5) is 17.6 Å². The summed E-state index contributed by atoms with van der Waals surface area (Å²) in [5.74, 6) is -5.74. The van der Waals surface area contributed by atoms with Gasteiger partial charge >= 0.3 is 0 Å². The summed E-state index contributed by atoms with van der Waals surface area (Å²) in [6.07, 6.45) is 0. The molecule has 2 aromatic carbocycles. The van der Waals surface area contributed by atoms with Crippen molar-refractivity contribution in [3.63, 3.8) is 0 Å². The third-order valence-electron chi connectivity index (χ3n) is 3.30. The first-order valence-corrected chi connectivity index (χ1v) is 6.01. The monoisotopic (exact) mass is 300 g/mol. The Morgan fingerprint density at radius 3 is 1.14 bits per heavy atom. The lowest BCUT2D eigenvalue weighted by atomic mass is 9.77. The molecule has 2 rings (SSSR count). The van der Waals surface area contributed by atoms with Gasteiger partial charge in [-0.1, -0.05) is 13.8 Å². The van der Waals surface area contributed by atoms with E-state index in [9.17, 15) is 17.6 Å². The summed E-state index contributed by atoms with van der Waals surface area (Å²) in [7, 11) is 0. The second-order valence-electron chi connectivity index (χ2n) is 5.19. The van der Waals surface area contributed by atoms with Gasteiger partial charge in [0.05, 0.1) is 0 Å². The topological polar surface area (TPSA) is 40.5 Å². The molecule has 0 spiro atoms. The number of aromatic hydroxyl groups is 2. The number of benzene rings is 2. The molecule has 0 aliphatic rings. The van der Waals surface area contributed by atoms with Crippen molar-refractivity contribution in [3.8, 4) is 11.5 Å². The van der Waals surface area contributed by atoms with Gasteiger partial charge in [-0.2, -0.15) is 0 Å². The van der Waals surface area contributed by atoms with Crippen LogP contribution in [0.2, 0.25) is 0 Å². The van der Waals surface area contributed by atoms with Crippen LogP contribution >= 0.6 is 0 Å². The molecule has 112 valence electrons. The number of hydrogen-bond donors (Lipinski definition) is 2. The number of phenolic OH excluding ortho intramolecular Hbond substituents is 2. The highest BCUT2D eigenvalue weighted by atomic mass is 19.1. The molecule has 0 atom stereocenters. The molecule has 0 fully saturated rings. The van der Waals surface area contributed by atoms with Crippen molar-refractivity contribution in [2.45, 2.75) is 19.3 Å². The average molecular weight is 300 g/mol. The van der Waals surface area contributed by atoms with E-state index >= 15 is 0 Å². The highest BCUT2D eigenvalue weighted by Gasteiger charge is 2.35. The Balaban J connectivity index is 2.74. The normalized spacial score (nSPS) is 11.7. The van der Waals surface area contributed by atoms with Gasteiger partial charge in [-0.05, 0) is 0 Å². The number of rotatable bonds is 2. The van der Waals surface area contributed by atoms with Gasteiger partial charge < -0.3 is 10.2 Å². The Morgan fingerprint density at radius 1 is 0.667 bits per heavy atom. The molecule has 0 aliphatic carbocycles. The lowest BCUT2D eigenvalue weighted by molar-refractivity contribution is 0.424. The van der Waals surface area contributed by atoms with E-state index in [1.165, 1.54) is 13.8 Å². The molecule has 0 saturated heterocycles. The fourth-order valence-corrected chi connectivity index (χ4v) is 2.44. The Labute approximate surface area is 118 Å². The fraction of sp³-hybridized carbons (Fsp3) is 0.200. The Kier molecular flexibility index (Phi) is 3.57. The van der Waals surface area contributed by atoms with Crippen LogP contribution in [0.1, 0.15) is 25.0 Å². The van der Waals surface area contributed by atoms with Crippen molar-refractivity contribution in [3.05, 3.63) is 58.7 Å². The van der Waals surface area contributed by atoms with E-state index in [0.29, 0.717) is 24.3 Å². The SMILES string of the molecule is CC(C)(c1c(F)cc(O)cc1F)c1c(F)cc(O)cc1F. The second kappa shape index (κ2) is 4.95. The van der Waals surface area contributed by atoms with Gasteiger partial charge in [0.25, 0.3) is 0 Å². The molecule has 0 unspecified atom stereocenters. The van der Waals surface area contributed by atoms with Crippen LogP contribution in [-0.4, -0.2) is 10.2 Å². The van der Waals surface area contributed by atoms with Gasteiger partial charge in [0.2, 0.25) is 0 Å². The van der Waals surface area contributed by atoms with Crippen molar-refractivity contribution in [2.24, 2.45) is 0 Å². The molecule has 21 heavy (non-hydrogen) atoms. The smallest absolute Gasteiger partial charge is 0.133 e. The fourth-order valence-electron chi connectivity index (χ4n) is 2.44. The molecule has 0 heterocycles. The molecular formula is C15H12F4O2. The molecule has 2 nitrogen and oxygen atoms in total. The van der Waals surface area contributed by atoms with Crippen LogP contribution in [-0.2, 0) is 5.41 Å². The summed E-state index contributed by atoms with van der Waals surface area (Å²) in [5.41, 5.74) is -2.85. The summed E-state index contributed by atoms with van der Waals surface area (Å²) in [5, 5.41) is 18.3. The molecule has 0 bridgehead atoms. The van der Waals surface area contributed by atoms with Crippen LogP contribution in [0.15, 0.2) is 24.3 Å². The van der Waals surface area contributed by atoms with Gasteiger partial charge in [-0.3, -0.25) is 0 Å². The standard InChI is InChI=1S/C15H12F4O2/c1-15(2,13-9(16)3-7(20)4-10(13)17)14-11(18)5-8(21)6-12(14)19/h3-6,20-21H,1-2H3. The van der Waals surface area contributed by atoms with Crippen LogP contribution in [0.5, 0.6) is 11.5 Å². The summed E-state index contributed by atoms with van der Waals surface area (Å²) in [6.45, 7) is 2.48. The minimum atomic E-state index is -1.69. The van der Waals surface area contributed by atoms with Gasteiger partial charge in [0.15, 0.2) is 0 Å². The van der Waals surface area contributed by atoms with Gasteiger partial charge in [-0.25, -0.2) is 17.6 Å². The zero-order valence-electron chi connectivity index (χ0n) is 11.2. The quantitative estimate of drug-likeness (QED) is 0.824. The first-order chi connectivity index (χ1) is 9.64. The van der Waals surface area contributed by atoms with Crippen LogP contribution < -0.4 is 0 Å². The van der Waals surface area contributed by atoms with E-state index in [1.54, 1.807) is 0 Å². The minimum Gasteiger partial charge on any atom is -0.508 e. The lowest BCUT2D eigenvalue weighted by Gasteiger charge is -2.28. The van der Waals surface area contributed by atoms with E-state index in [-0.39, 0.29) is 0 Å². The van der Waals surface area contributed by atoms with Gasteiger partial charge in [0.1, 0.15) is 34.8 Å². The third kappa shape index (κ3) is 2.53. The average Bonchev–Trinajstić information content (AvgIpc) is 2.23. The molecule has 0 radical (unpaired) electrons. The maximum absolute atomic E-state index is 13.9. The van der Waals surface area contributed by atoms with Crippen molar-refractivity contribution in [1.82, 2.24) is 0 Å². The molecule has 6 heteroatoms. The zero-order valence-corrected chi connectivity index (χ0v) is 11.2. The van der Waals surface area contributed by atoms with Gasteiger partial charge in [-0.15, -0.1) is 0 Å². The molecular weight excluding hydrogens is 288 g/mol. The van der Waals surface area contributed by atoms with Crippen LogP contribution in [0.25, 0.3) is 0 Å². The van der Waals surface area contributed by atoms with Crippen LogP contribution in [0, 0.1) is 23.3 Å². The summed E-state index contributed by atoms with van der Waals surface area (Å²) in [6, 6.07) is 2.65. The number of halogens is 4. The predicted molar refractivity (Wildman–Crippen MR) is 68.2 cm³/mol. The molecule has 2 N–H and O–H groups in total. The maximum atomic E-state index is 13.9. The highest BCUT2D eigenvalue weighted by Crippen LogP contribution is 2.39. The van der Waals surface area contributed by atoms with Crippen molar-refractivity contribution >= 4 is 0 Å². The first-order valence-electron chi connectivity index (χ1n) is 6.01. The van der Waals surface area contributed by atoms with Crippen LogP contribution in [0.3, 0.4) is 0 Å². The first kappa shape index (κ1) is 15.2. The summed E-state index contributed by atoms with van der Waals surface area (Å²) in [4.78, 5) is 0. The largest absolute Gasteiger partial charge is 0.508 e. The maximum Gasteiger partial charge on any atom is 0.133 e. The van der Waals surface area contributed by atoms with E-state index < -0.39 is 51.3 Å². The molecule has 2 aromatic rings. The van der Waals surface area contributed by atoms with Crippen molar-refractivity contribution < 1.29 is 27.8 Å². The van der Waals surface area contributed by atoms with Gasteiger partial charge in [0, 0.05) is 40.8 Å². The number of hydrogen-bond acceptors (Lipinski definition) is 2. The Morgan fingerprint density at radius 2 is 0.905 bits per heavy atom. The molecule has 0 aromatic heterocycles. The van der Waals surface area contributed by atoms with Crippen molar-refractivity contribution in [2.75, 3.05) is 0 Å². The highest BCUT2D eigenvalue weighted by molar-refractivity contribution is 5.44. The van der Waals surface area contributed by atoms with E-state index in [2.05, 4.69) is 0 Å². The van der Waals surface area contributed by atoms with E-state index in [4.69, 9.17) is 10.2 Å². The predicted octanol–water partition coefficient (Wildman–Crippen LogP) is 3.98. The molecule has 0 saturated carbocycles. The minimum absolute atomic E-state index is 0.580. The number of phenols is 2. The van der Waals surface area contributed by atoms with E-state index in [1.807, 2.05) is 0 Å². The van der Waals surface area contributed by atoms with E-state index in [0.717, 1.165) is 0 Å². The molecule has 0 amide bonds. The molecule has 0 aliphatic heterocycles. The second-order valence-corrected chi connectivity index (χ2v) is 5.19. The third-order valence-corrected chi connectivity index (χ3v) is 3.30. The Hall–Kier alpha value is -2.24. The zero-order chi connectivity index (χ0) is 15.9. The summed E-state index contributed by atoms with van der Waals surface area (Å²) >= 11 is 0. The lowest BCUT2D eigenvalue weighted by Crippen LogP contribution is -2.25. The Bertz CT molecular complexity index is 605. The van der Waals surface area contributed by atoms with Crippen molar-refractivity contribution in [1.29, 1.82) is 0 Å². The summed E-state index contributed by atoms with van der Waals surface area (Å²) < 4.78 is 55.8.